The number of nitrogens with zero attached hydrogens (tertiary/aromatic N) is 1. The lowest BCUT2D eigenvalue weighted by atomic mass is 9.91. The Morgan fingerprint density at radius 1 is 1.37 bits per heavy atom. The van der Waals surface area contributed by atoms with Crippen molar-refractivity contribution in [2.75, 3.05) is 20.1 Å². The number of piperidine rings is 1. The predicted molar refractivity (Wildman–Crippen MR) is 79.3 cm³/mol. The molecule has 3 unspecified atom stereocenters. The fraction of sp³-hybridized carbons (Fsp3) is 0.625. The van der Waals surface area contributed by atoms with E-state index in [4.69, 9.17) is 0 Å². The molecule has 0 radical (unpaired) electrons. The van der Waals surface area contributed by atoms with Gasteiger partial charge in [-0.1, -0.05) is 12.1 Å². The number of nitrogens with one attached hydrogen (secondary N) is 1. The summed E-state index contributed by atoms with van der Waals surface area (Å²) in [6.45, 7) is 6.85. The van der Waals surface area contributed by atoms with Gasteiger partial charge >= 0.3 is 0 Å². The average molecular weight is 262 g/mol. The summed E-state index contributed by atoms with van der Waals surface area (Å²) in [7, 11) is 2.21. The Labute approximate surface area is 116 Å². The molecule has 3 atom stereocenters. The fourth-order valence-electron chi connectivity index (χ4n) is 3.04. The highest BCUT2D eigenvalue weighted by atomic mass is 16.3. The Bertz CT molecular complexity index is 407. The monoisotopic (exact) mass is 262 g/mol. The van der Waals surface area contributed by atoms with E-state index in [2.05, 4.69) is 37.2 Å². The van der Waals surface area contributed by atoms with Crippen LogP contribution in [0.5, 0.6) is 5.75 Å². The van der Waals surface area contributed by atoms with Crippen LogP contribution in [0.25, 0.3) is 0 Å². The maximum absolute atomic E-state index is 9.55. The molecule has 0 spiro atoms. The Balaban J connectivity index is 1.92. The van der Waals surface area contributed by atoms with Gasteiger partial charge in [-0.15, -0.1) is 0 Å². The van der Waals surface area contributed by atoms with Crippen LogP contribution in [0.4, 0.5) is 0 Å². The molecule has 1 saturated heterocycles. The van der Waals surface area contributed by atoms with Crippen molar-refractivity contribution in [3.8, 4) is 5.75 Å². The largest absolute Gasteiger partial charge is 0.508 e. The maximum Gasteiger partial charge on any atom is 0.115 e. The zero-order chi connectivity index (χ0) is 13.8. The SMILES string of the molecule is CC(NC(C)C1CCCN(C)C1)c1cccc(O)c1. The van der Waals surface area contributed by atoms with Crippen molar-refractivity contribution in [2.24, 2.45) is 5.92 Å². The number of benzene rings is 1. The number of hydrogen-bond donors (Lipinski definition) is 2. The Hall–Kier alpha value is -1.06. The first-order valence-corrected chi connectivity index (χ1v) is 7.30. The lowest BCUT2D eigenvalue weighted by Crippen LogP contribution is -2.43. The van der Waals surface area contributed by atoms with Crippen LogP contribution >= 0.6 is 0 Å². The number of phenols is 1. The molecule has 0 amide bonds. The molecule has 3 nitrogen and oxygen atoms in total. The number of rotatable bonds is 4. The standard InChI is InChI=1S/C16H26N2O/c1-12(14-6-4-8-16(19)10-14)17-13(2)15-7-5-9-18(3)11-15/h4,6,8,10,12-13,15,17,19H,5,7,9,11H2,1-3H3. The third-order valence-corrected chi connectivity index (χ3v) is 4.25. The number of phenolic OH excluding ortho intramolecular Hbond substituents is 1. The summed E-state index contributed by atoms with van der Waals surface area (Å²) in [6, 6.07) is 8.31. The summed E-state index contributed by atoms with van der Waals surface area (Å²) in [5, 5.41) is 13.2. The number of likely N-dealkylation sites (tertiary alicyclic amines) is 1. The molecule has 1 aliphatic heterocycles. The zero-order valence-corrected chi connectivity index (χ0v) is 12.3. The topological polar surface area (TPSA) is 35.5 Å². The summed E-state index contributed by atoms with van der Waals surface area (Å²) in [5.74, 6) is 1.06. The van der Waals surface area contributed by atoms with Gasteiger partial charge < -0.3 is 15.3 Å². The second-order valence-electron chi connectivity index (χ2n) is 5.94. The molecular weight excluding hydrogens is 236 g/mol. The minimum atomic E-state index is 0.273. The van der Waals surface area contributed by atoms with Crippen LogP contribution in [0, 0.1) is 5.92 Å². The van der Waals surface area contributed by atoms with Crippen LogP contribution < -0.4 is 5.32 Å². The molecule has 0 aromatic heterocycles. The smallest absolute Gasteiger partial charge is 0.115 e. The van der Waals surface area contributed by atoms with Crippen molar-refractivity contribution in [1.82, 2.24) is 10.2 Å². The molecule has 0 saturated carbocycles. The maximum atomic E-state index is 9.55. The van der Waals surface area contributed by atoms with Crippen molar-refractivity contribution in [2.45, 2.75) is 38.8 Å². The van der Waals surface area contributed by atoms with Gasteiger partial charge in [-0.25, -0.2) is 0 Å². The molecule has 3 heteroatoms. The summed E-state index contributed by atoms with van der Waals surface area (Å²) in [4.78, 5) is 2.42. The van der Waals surface area contributed by atoms with Gasteiger partial charge in [0.05, 0.1) is 0 Å². The lowest BCUT2D eigenvalue weighted by Gasteiger charge is -2.35. The van der Waals surface area contributed by atoms with E-state index < -0.39 is 0 Å². The quantitative estimate of drug-likeness (QED) is 0.876. The first kappa shape index (κ1) is 14.4. The predicted octanol–water partition coefficient (Wildman–Crippen LogP) is 2.77. The molecule has 1 aromatic carbocycles. The Morgan fingerprint density at radius 3 is 2.84 bits per heavy atom. The van der Waals surface area contributed by atoms with E-state index in [0.717, 1.165) is 11.5 Å². The van der Waals surface area contributed by atoms with Gasteiger partial charge in [0.15, 0.2) is 0 Å². The van der Waals surface area contributed by atoms with Crippen LogP contribution in [0.3, 0.4) is 0 Å². The fourth-order valence-corrected chi connectivity index (χ4v) is 3.04. The molecule has 2 rings (SSSR count). The molecule has 106 valence electrons. The molecule has 1 aromatic rings. The van der Waals surface area contributed by atoms with E-state index >= 15 is 0 Å². The normalized spacial score (nSPS) is 24.1. The van der Waals surface area contributed by atoms with Crippen LogP contribution in [0.15, 0.2) is 24.3 Å². The molecule has 2 N–H and O–H groups in total. The van der Waals surface area contributed by atoms with Crippen molar-refractivity contribution in [3.63, 3.8) is 0 Å². The highest BCUT2D eigenvalue weighted by molar-refractivity contribution is 5.29. The number of aromatic hydroxyl groups is 1. The van der Waals surface area contributed by atoms with Gasteiger partial charge in [0.2, 0.25) is 0 Å². The summed E-state index contributed by atoms with van der Waals surface area (Å²) < 4.78 is 0. The van der Waals surface area contributed by atoms with Gasteiger partial charge in [0.25, 0.3) is 0 Å². The third kappa shape index (κ3) is 3.95. The molecular formula is C16H26N2O. The van der Waals surface area contributed by atoms with E-state index in [0.29, 0.717) is 11.8 Å². The third-order valence-electron chi connectivity index (χ3n) is 4.25. The van der Waals surface area contributed by atoms with Crippen LogP contribution in [-0.2, 0) is 0 Å². The summed E-state index contributed by atoms with van der Waals surface area (Å²) in [6.07, 6.45) is 2.61. The second kappa shape index (κ2) is 6.40. The van der Waals surface area contributed by atoms with Crippen molar-refractivity contribution >= 4 is 0 Å². The van der Waals surface area contributed by atoms with Crippen LogP contribution in [0.1, 0.15) is 38.3 Å². The lowest BCUT2D eigenvalue weighted by molar-refractivity contribution is 0.174. The van der Waals surface area contributed by atoms with E-state index in [1.807, 2.05) is 12.1 Å². The minimum absolute atomic E-state index is 0.273. The van der Waals surface area contributed by atoms with E-state index in [9.17, 15) is 5.11 Å². The van der Waals surface area contributed by atoms with Crippen molar-refractivity contribution in [3.05, 3.63) is 29.8 Å². The summed E-state index contributed by atoms with van der Waals surface area (Å²) in [5.41, 5.74) is 1.15. The first-order valence-electron chi connectivity index (χ1n) is 7.30. The summed E-state index contributed by atoms with van der Waals surface area (Å²) >= 11 is 0. The first-order chi connectivity index (χ1) is 9.06. The van der Waals surface area contributed by atoms with Crippen LogP contribution in [-0.4, -0.2) is 36.2 Å². The van der Waals surface area contributed by atoms with Crippen molar-refractivity contribution in [1.29, 1.82) is 0 Å². The van der Waals surface area contributed by atoms with Gasteiger partial charge in [-0.3, -0.25) is 0 Å². The van der Waals surface area contributed by atoms with Gasteiger partial charge in [0, 0.05) is 18.6 Å². The second-order valence-corrected chi connectivity index (χ2v) is 5.94. The van der Waals surface area contributed by atoms with Crippen molar-refractivity contribution < 1.29 is 5.11 Å². The average Bonchev–Trinajstić information content (AvgIpc) is 2.38. The molecule has 0 aliphatic carbocycles. The van der Waals surface area contributed by atoms with Gasteiger partial charge in [0.1, 0.15) is 5.75 Å². The highest BCUT2D eigenvalue weighted by Crippen LogP contribution is 2.23. The minimum Gasteiger partial charge on any atom is -0.508 e. The van der Waals surface area contributed by atoms with Gasteiger partial charge in [-0.05, 0) is 63.9 Å². The molecule has 1 fully saturated rings. The zero-order valence-electron chi connectivity index (χ0n) is 12.3. The Kier molecular flexibility index (Phi) is 4.83. The van der Waals surface area contributed by atoms with Gasteiger partial charge in [-0.2, -0.15) is 0 Å². The Morgan fingerprint density at radius 2 is 2.16 bits per heavy atom. The highest BCUT2D eigenvalue weighted by Gasteiger charge is 2.23. The number of hydrogen-bond acceptors (Lipinski definition) is 3. The van der Waals surface area contributed by atoms with E-state index in [-0.39, 0.29) is 6.04 Å². The van der Waals surface area contributed by atoms with E-state index in [1.165, 1.54) is 25.9 Å². The molecule has 1 aliphatic rings. The van der Waals surface area contributed by atoms with Crippen LogP contribution in [0.2, 0.25) is 0 Å². The molecule has 0 bridgehead atoms. The van der Waals surface area contributed by atoms with E-state index in [1.54, 1.807) is 6.07 Å². The molecule has 19 heavy (non-hydrogen) atoms. The molecule has 1 heterocycles.